The van der Waals surface area contributed by atoms with Crippen molar-refractivity contribution < 1.29 is 50.8 Å². The van der Waals surface area contributed by atoms with Gasteiger partial charge in [-0.05, 0) is 25.0 Å². The van der Waals surface area contributed by atoms with E-state index in [2.05, 4.69) is 10.1 Å². The van der Waals surface area contributed by atoms with Gasteiger partial charge in [0.05, 0.1) is 5.69 Å². The van der Waals surface area contributed by atoms with Gasteiger partial charge >= 0.3 is 6.18 Å². The zero-order chi connectivity index (χ0) is 26.3. The number of anilines is 2. The molecule has 0 aliphatic carbocycles. The van der Waals surface area contributed by atoms with Gasteiger partial charge in [0.25, 0.3) is 0 Å². The highest BCUT2D eigenvalue weighted by molar-refractivity contribution is 5.94. The number of alkyl halides is 3. The number of amides is 1. The van der Waals surface area contributed by atoms with Gasteiger partial charge in [-0.25, -0.2) is 13.2 Å². The average Bonchev–Trinajstić information content (AvgIpc) is 2.79. The lowest BCUT2D eigenvalue weighted by atomic mass is 9.89. The molecule has 2 aliphatic rings. The van der Waals surface area contributed by atoms with E-state index in [-0.39, 0.29) is 43.2 Å². The monoisotopic (exact) mass is 520 g/mol. The smallest absolute Gasteiger partial charge is 0.422 e. The zero-order valence-electron chi connectivity index (χ0n) is 18.7. The Kier molecular flexibility index (Phi) is 6.97. The minimum Gasteiger partial charge on any atom is -0.490 e. The van der Waals surface area contributed by atoms with E-state index in [4.69, 9.17) is 4.74 Å². The molecule has 196 valence electrons. The fraction of sp³-hybridized carbons (Fsp3) is 0.435. The number of hydrogen-bond acceptors (Lipinski definition) is 6. The third-order valence-corrected chi connectivity index (χ3v) is 6.10. The molecule has 7 nitrogen and oxygen atoms in total. The molecular formula is C23H22F6N2O5. The first kappa shape index (κ1) is 25.9. The van der Waals surface area contributed by atoms with E-state index < -0.39 is 66.5 Å². The van der Waals surface area contributed by atoms with Crippen LogP contribution in [0.4, 0.5) is 37.7 Å². The molecule has 1 fully saturated rings. The molecule has 2 unspecified atom stereocenters. The first-order valence-electron chi connectivity index (χ1n) is 10.9. The highest BCUT2D eigenvalue weighted by Crippen LogP contribution is 2.36. The Hall–Kier alpha value is -3.19. The lowest BCUT2D eigenvalue weighted by Gasteiger charge is -2.42. The van der Waals surface area contributed by atoms with Crippen molar-refractivity contribution in [2.75, 3.05) is 36.5 Å². The molecule has 2 aromatic rings. The minimum atomic E-state index is -4.68. The van der Waals surface area contributed by atoms with Crippen LogP contribution in [0, 0.1) is 17.5 Å². The molecule has 0 aromatic heterocycles. The zero-order valence-corrected chi connectivity index (χ0v) is 18.7. The van der Waals surface area contributed by atoms with Gasteiger partial charge in [0, 0.05) is 37.2 Å². The van der Waals surface area contributed by atoms with Crippen LogP contribution in [0.15, 0.2) is 24.3 Å². The predicted octanol–water partition coefficient (Wildman–Crippen LogP) is 3.31. The van der Waals surface area contributed by atoms with Crippen molar-refractivity contribution in [2.45, 2.75) is 37.1 Å². The Balaban J connectivity index is 1.44. The molecule has 2 aromatic carbocycles. The number of benzene rings is 2. The summed E-state index contributed by atoms with van der Waals surface area (Å²) in [6.45, 7) is -2.67. The topological polar surface area (TPSA) is 91.3 Å². The minimum absolute atomic E-state index is 0.0141. The number of halogens is 6. The van der Waals surface area contributed by atoms with Crippen LogP contribution in [0.2, 0.25) is 0 Å². The quantitative estimate of drug-likeness (QED) is 0.507. The summed E-state index contributed by atoms with van der Waals surface area (Å²) < 4.78 is 90.1. The highest BCUT2D eigenvalue weighted by Gasteiger charge is 2.43. The second kappa shape index (κ2) is 9.69. The molecule has 13 heteroatoms. The molecule has 36 heavy (non-hydrogen) atoms. The molecule has 1 saturated heterocycles. The number of rotatable bonds is 6. The summed E-state index contributed by atoms with van der Waals surface area (Å²) in [7, 11) is 0. The SMILES string of the molecule is O=C1CCc2c(OCC3(O)CCN(c4c(F)cc(OCC(F)(F)F)cc4F)CC3O)ccc(F)c2N1. The fourth-order valence-corrected chi connectivity index (χ4v) is 4.19. The van der Waals surface area contributed by atoms with Gasteiger partial charge in [-0.2, -0.15) is 13.2 Å². The summed E-state index contributed by atoms with van der Waals surface area (Å²) in [4.78, 5) is 12.7. The number of β-amino-alcohol motifs (C(OH)–C–C–N with tert-alkyl or cyclic N) is 1. The van der Waals surface area contributed by atoms with Crippen LogP contribution in [0.25, 0.3) is 0 Å². The number of nitrogens with zero attached hydrogens (tertiary/aromatic N) is 1. The summed E-state index contributed by atoms with van der Waals surface area (Å²) in [5, 5.41) is 23.9. The van der Waals surface area contributed by atoms with E-state index in [9.17, 15) is 41.4 Å². The first-order chi connectivity index (χ1) is 16.9. The molecule has 2 heterocycles. The lowest BCUT2D eigenvalue weighted by Crippen LogP contribution is -2.58. The molecule has 3 N–H and O–H groups in total. The Labute approximate surface area is 201 Å². The highest BCUT2D eigenvalue weighted by atomic mass is 19.4. The molecule has 0 radical (unpaired) electrons. The van der Waals surface area contributed by atoms with E-state index in [0.29, 0.717) is 17.7 Å². The van der Waals surface area contributed by atoms with Crippen molar-refractivity contribution in [3.05, 3.63) is 47.3 Å². The van der Waals surface area contributed by atoms with Crippen molar-refractivity contribution in [2.24, 2.45) is 0 Å². The van der Waals surface area contributed by atoms with Crippen LogP contribution < -0.4 is 19.7 Å². The van der Waals surface area contributed by atoms with Gasteiger partial charge in [0.2, 0.25) is 5.91 Å². The Morgan fingerprint density at radius 2 is 1.78 bits per heavy atom. The molecule has 2 aliphatic heterocycles. The van der Waals surface area contributed by atoms with E-state index in [1.807, 2.05) is 0 Å². The van der Waals surface area contributed by atoms with Gasteiger partial charge in [0.15, 0.2) is 18.2 Å². The summed E-state index contributed by atoms with van der Waals surface area (Å²) in [6.07, 6.45) is -6.06. The maximum absolute atomic E-state index is 14.6. The number of carbonyl (C=O) groups is 1. The standard InChI is InChI=1S/C23H22F6N2O5/c24-14-2-3-17(13-1-4-19(33)30-20(13)14)36-10-22(34)5-6-31(9-18(22)32)21-15(25)7-12(8-16(21)26)35-11-23(27,28)29/h2-3,7-8,18,32,34H,1,4-6,9-11H2,(H,30,33). The maximum Gasteiger partial charge on any atom is 0.422 e. The van der Waals surface area contributed by atoms with Gasteiger partial charge in [-0.3, -0.25) is 4.79 Å². The van der Waals surface area contributed by atoms with E-state index >= 15 is 0 Å². The number of nitrogens with one attached hydrogen (secondary N) is 1. The third-order valence-electron chi connectivity index (χ3n) is 6.10. The summed E-state index contributed by atoms with van der Waals surface area (Å²) >= 11 is 0. The number of fused-ring (bicyclic) bond motifs is 1. The predicted molar refractivity (Wildman–Crippen MR) is 115 cm³/mol. The molecule has 0 bridgehead atoms. The Morgan fingerprint density at radius 1 is 1.08 bits per heavy atom. The second-order valence-electron chi connectivity index (χ2n) is 8.69. The van der Waals surface area contributed by atoms with E-state index in [1.54, 1.807) is 0 Å². The summed E-state index contributed by atoms with van der Waals surface area (Å²) in [5.74, 6) is -3.81. The van der Waals surface area contributed by atoms with E-state index in [0.717, 1.165) is 11.0 Å². The summed E-state index contributed by atoms with van der Waals surface area (Å²) in [5.41, 5.74) is -2.01. The number of aliphatic hydroxyl groups excluding tert-OH is 1. The van der Waals surface area contributed by atoms with Crippen LogP contribution in [0.1, 0.15) is 18.4 Å². The fourth-order valence-electron chi connectivity index (χ4n) is 4.19. The molecule has 2 atom stereocenters. The lowest BCUT2D eigenvalue weighted by molar-refractivity contribution is -0.153. The van der Waals surface area contributed by atoms with Crippen LogP contribution in [0.5, 0.6) is 11.5 Å². The molecule has 0 spiro atoms. The van der Waals surface area contributed by atoms with Crippen molar-refractivity contribution in [1.29, 1.82) is 0 Å². The largest absolute Gasteiger partial charge is 0.490 e. The number of aliphatic hydroxyl groups is 2. The average molecular weight is 520 g/mol. The molecule has 0 saturated carbocycles. The van der Waals surface area contributed by atoms with Gasteiger partial charge in [-0.15, -0.1) is 0 Å². The number of carbonyl (C=O) groups excluding carboxylic acids is 1. The van der Waals surface area contributed by atoms with Crippen molar-refractivity contribution in [3.63, 3.8) is 0 Å². The molecular weight excluding hydrogens is 498 g/mol. The van der Waals surface area contributed by atoms with Gasteiger partial charge in [0.1, 0.15) is 41.3 Å². The maximum atomic E-state index is 14.6. The molecule has 4 rings (SSSR count). The van der Waals surface area contributed by atoms with Crippen LogP contribution >= 0.6 is 0 Å². The van der Waals surface area contributed by atoms with Crippen LogP contribution in [-0.2, 0) is 11.2 Å². The van der Waals surface area contributed by atoms with Crippen LogP contribution in [0.3, 0.4) is 0 Å². The number of ether oxygens (including phenoxy) is 2. The first-order valence-corrected chi connectivity index (χ1v) is 10.9. The third kappa shape index (κ3) is 5.46. The Bertz CT molecular complexity index is 1140. The molecule has 1 amide bonds. The van der Waals surface area contributed by atoms with Crippen molar-refractivity contribution in [3.8, 4) is 11.5 Å². The van der Waals surface area contributed by atoms with Crippen molar-refractivity contribution >= 4 is 17.3 Å². The Morgan fingerprint density at radius 3 is 2.42 bits per heavy atom. The number of hydrogen-bond donors (Lipinski definition) is 3. The van der Waals surface area contributed by atoms with Gasteiger partial charge in [-0.1, -0.05) is 0 Å². The second-order valence-corrected chi connectivity index (χ2v) is 8.69. The van der Waals surface area contributed by atoms with Gasteiger partial charge < -0.3 is 29.9 Å². The van der Waals surface area contributed by atoms with Crippen molar-refractivity contribution in [1.82, 2.24) is 0 Å². The van der Waals surface area contributed by atoms with Crippen LogP contribution in [-0.4, -0.2) is 60.3 Å². The number of piperidine rings is 1. The normalized spacial score (nSPS) is 22.2. The summed E-state index contributed by atoms with van der Waals surface area (Å²) in [6, 6.07) is 3.65. The van der Waals surface area contributed by atoms with E-state index in [1.165, 1.54) is 6.07 Å².